The molecule has 0 radical (unpaired) electrons. The summed E-state index contributed by atoms with van der Waals surface area (Å²) >= 11 is 0. The molecule has 2 atom stereocenters. The maximum Gasteiger partial charge on any atom is 0.159 e. The number of aryl methyl sites for hydroxylation is 1. The first-order valence-electron chi connectivity index (χ1n) is 6.33. The van der Waals surface area contributed by atoms with Crippen molar-refractivity contribution in [2.75, 3.05) is 13.1 Å². The van der Waals surface area contributed by atoms with Gasteiger partial charge < -0.3 is 9.88 Å². The van der Waals surface area contributed by atoms with Crippen LogP contribution < -0.4 is 5.32 Å². The van der Waals surface area contributed by atoms with Crippen molar-refractivity contribution in [1.82, 2.24) is 19.9 Å². The molecule has 4 heteroatoms. The number of hydrogen-bond donors (Lipinski definition) is 1. The minimum Gasteiger partial charge on any atom is -0.316 e. The van der Waals surface area contributed by atoms with Gasteiger partial charge >= 0.3 is 0 Å². The molecule has 0 saturated carbocycles. The van der Waals surface area contributed by atoms with Gasteiger partial charge in [-0.3, -0.25) is 0 Å². The van der Waals surface area contributed by atoms with Crippen molar-refractivity contribution in [3.63, 3.8) is 0 Å². The van der Waals surface area contributed by atoms with Crippen molar-refractivity contribution in [3.8, 4) is 0 Å². The molecule has 1 N–H and O–H groups in total. The van der Waals surface area contributed by atoms with Gasteiger partial charge in [-0.05, 0) is 31.5 Å². The topological polar surface area (TPSA) is 42.7 Å². The summed E-state index contributed by atoms with van der Waals surface area (Å²) in [5.74, 6) is 2.36. The van der Waals surface area contributed by atoms with Gasteiger partial charge in [-0.25, -0.2) is 9.97 Å². The van der Waals surface area contributed by atoms with Gasteiger partial charge in [0.2, 0.25) is 0 Å². The zero-order valence-corrected chi connectivity index (χ0v) is 10.3. The van der Waals surface area contributed by atoms with E-state index in [2.05, 4.69) is 28.7 Å². The Labute approximate surface area is 101 Å². The smallest absolute Gasteiger partial charge is 0.159 e. The predicted molar refractivity (Wildman–Crippen MR) is 68.0 cm³/mol. The average molecular weight is 230 g/mol. The first-order chi connectivity index (χ1) is 8.31. The Hall–Kier alpha value is -1.42. The Bertz CT molecular complexity index is 531. The van der Waals surface area contributed by atoms with Crippen LogP contribution in [0.2, 0.25) is 0 Å². The number of nitrogens with zero attached hydrogens (tertiary/aromatic N) is 3. The summed E-state index contributed by atoms with van der Waals surface area (Å²) < 4.78 is 2.25. The molecule has 4 nitrogen and oxygen atoms in total. The summed E-state index contributed by atoms with van der Waals surface area (Å²) in [5.41, 5.74) is 2.03. The van der Waals surface area contributed by atoms with E-state index in [4.69, 9.17) is 4.98 Å². The molecule has 2 aromatic rings. The Balaban J connectivity index is 2.15. The molecule has 90 valence electrons. The fraction of sp³-hybridized carbons (Fsp3) is 0.538. The fourth-order valence-electron chi connectivity index (χ4n) is 2.73. The van der Waals surface area contributed by atoms with Crippen molar-refractivity contribution < 1.29 is 0 Å². The molecule has 0 aliphatic carbocycles. The van der Waals surface area contributed by atoms with Crippen LogP contribution in [0, 0.1) is 5.92 Å². The Morgan fingerprint density at radius 1 is 1.47 bits per heavy atom. The van der Waals surface area contributed by atoms with Crippen molar-refractivity contribution in [1.29, 1.82) is 0 Å². The molecule has 2 aromatic heterocycles. The highest BCUT2D eigenvalue weighted by Crippen LogP contribution is 2.29. The normalized spacial score (nSPS) is 24.6. The third-order valence-electron chi connectivity index (χ3n) is 3.70. The second-order valence-corrected chi connectivity index (χ2v) is 4.80. The van der Waals surface area contributed by atoms with Gasteiger partial charge in [0, 0.05) is 25.2 Å². The first-order valence-corrected chi connectivity index (χ1v) is 6.33. The number of hydrogen-bond acceptors (Lipinski definition) is 3. The maximum absolute atomic E-state index is 4.78. The third kappa shape index (κ3) is 1.63. The minimum absolute atomic E-state index is 0.518. The van der Waals surface area contributed by atoms with Crippen LogP contribution in [-0.4, -0.2) is 27.6 Å². The summed E-state index contributed by atoms with van der Waals surface area (Å²) in [4.78, 5) is 9.23. The molecule has 0 bridgehead atoms. The summed E-state index contributed by atoms with van der Waals surface area (Å²) in [6.07, 6.45) is 1.84. The van der Waals surface area contributed by atoms with Crippen LogP contribution in [-0.2, 0) is 6.54 Å². The number of rotatable bonds is 2. The summed E-state index contributed by atoms with van der Waals surface area (Å²) in [5, 5.41) is 3.44. The van der Waals surface area contributed by atoms with Gasteiger partial charge in [0.25, 0.3) is 0 Å². The molecule has 0 unspecified atom stereocenters. The number of fused-ring (bicyclic) bond motifs is 1. The summed E-state index contributed by atoms with van der Waals surface area (Å²) in [7, 11) is 0. The predicted octanol–water partition coefficient (Wildman–Crippen LogP) is 1.77. The Morgan fingerprint density at radius 3 is 3.06 bits per heavy atom. The highest BCUT2D eigenvalue weighted by Gasteiger charge is 2.29. The largest absolute Gasteiger partial charge is 0.316 e. The lowest BCUT2D eigenvalue weighted by Crippen LogP contribution is -2.14. The number of nitrogens with one attached hydrogen (secondary N) is 1. The maximum atomic E-state index is 4.78. The van der Waals surface area contributed by atoms with Crippen LogP contribution >= 0.6 is 0 Å². The lowest BCUT2D eigenvalue weighted by atomic mass is 9.97. The van der Waals surface area contributed by atoms with E-state index in [0.29, 0.717) is 11.8 Å². The second kappa shape index (κ2) is 4.11. The molecule has 1 fully saturated rings. The lowest BCUT2D eigenvalue weighted by Gasteiger charge is -2.15. The highest BCUT2D eigenvalue weighted by molar-refractivity contribution is 5.71. The van der Waals surface area contributed by atoms with E-state index in [0.717, 1.165) is 30.8 Å². The van der Waals surface area contributed by atoms with E-state index in [1.54, 1.807) is 0 Å². The van der Waals surface area contributed by atoms with Crippen molar-refractivity contribution in [2.45, 2.75) is 26.3 Å². The molecule has 0 spiro atoms. The Morgan fingerprint density at radius 2 is 2.35 bits per heavy atom. The van der Waals surface area contributed by atoms with Crippen molar-refractivity contribution in [3.05, 3.63) is 24.2 Å². The van der Waals surface area contributed by atoms with E-state index < -0.39 is 0 Å². The summed E-state index contributed by atoms with van der Waals surface area (Å²) in [6, 6.07) is 4.00. The standard InChI is InChI=1S/C13H18N4/c1-3-17-12(10-8-14-7-9(10)2)16-11-5-4-6-15-13(11)17/h4-6,9-10,14H,3,7-8H2,1-2H3/t9-,10-/m1/s1. The van der Waals surface area contributed by atoms with Crippen molar-refractivity contribution >= 4 is 11.2 Å². The van der Waals surface area contributed by atoms with Gasteiger partial charge in [-0.2, -0.15) is 0 Å². The van der Waals surface area contributed by atoms with Gasteiger partial charge in [0.05, 0.1) is 0 Å². The lowest BCUT2D eigenvalue weighted by molar-refractivity contribution is 0.521. The minimum atomic E-state index is 0.518. The van der Waals surface area contributed by atoms with Crippen LogP contribution in [0.5, 0.6) is 0 Å². The van der Waals surface area contributed by atoms with Crippen LogP contribution in [0.3, 0.4) is 0 Å². The van der Waals surface area contributed by atoms with E-state index in [-0.39, 0.29) is 0 Å². The molecular formula is C13H18N4. The van der Waals surface area contributed by atoms with Crippen LogP contribution in [0.4, 0.5) is 0 Å². The number of aromatic nitrogens is 3. The highest BCUT2D eigenvalue weighted by atomic mass is 15.1. The van der Waals surface area contributed by atoms with Gasteiger partial charge in [0.15, 0.2) is 5.65 Å². The van der Waals surface area contributed by atoms with Crippen LogP contribution in [0.1, 0.15) is 25.6 Å². The van der Waals surface area contributed by atoms with Gasteiger partial charge in [-0.15, -0.1) is 0 Å². The Kier molecular flexibility index (Phi) is 2.59. The number of imidazole rings is 1. The molecule has 3 heterocycles. The first kappa shape index (κ1) is 10.7. The van der Waals surface area contributed by atoms with Gasteiger partial charge in [0.1, 0.15) is 11.3 Å². The molecule has 3 rings (SSSR count). The van der Waals surface area contributed by atoms with Crippen LogP contribution in [0.25, 0.3) is 11.2 Å². The van der Waals surface area contributed by atoms with E-state index in [1.165, 1.54) is 5.82 Å². The quantitative estimate of drug-likeness (QED) is 0.855. The zero-order chi connectivity index (χ0) is 11.8. The second-order valence-electron chi connectivity index (χ2n) is 4.80. The molecular weight excluding hydrogens is 212 g/mol. The molecule has 1 aliphatic rings. The van der Waals surface area contributed by atoms with E-state index in [1.807, 2.05) is 18.3 Å². The van der Waals surface area contributed by atoms with Crippen molar-refractivity contribution in [2.24, 2.45) is 5.92 Å². The fourth-order valence-corrected chi connectivity index (χ4v) is 2.73. The van der Waals surface area contributed by atoms with E-state index in [9.17, 15) is 0 Å². The molecule has 1 saturated heterocycles. The average Bonchev–Trinajstić information content (AvgIpc) is 2.91. The molecule has 0 aromatic carbocycles. The number of pyridine rings is 1. The monoisotopic (exact) mass is 230 g/mol. The van der Waals surface area contributed by atoms with Gasteiger partial charge in [-0.1, -0.05) is 6.92 Å². The van der Waals surface area contributed by atoms with E-state index >= 15 is 0 Å². The molecule has 1 aliphatic heterocycles. The zero-order valence-electron chi connectivity index (χ0n) is 10.3. The third-order valence-corrected chi connectivity index (χ3v) is 3.70. The SMILES string of the molecule is CCn1c([C@@H]2CNC[C@H]2C)nc2cccnc21. The summed E-state index contributed by atoms with van der Waals surface area (Å²) in [6.45, 7) is 7.51. The van der Waals surface area contributed by atoms with Crippen LogP contribution in [0.15, 0.2) is 18.3 Å². The molecule has 0 amide bonds. The molecule has 17 heavy (non-hydrogen) atoms.